The van der Waals surface area contributed by atoms with Crippen LogP contribution < -0.4 is 11.1 Å². The zero-order chi connectivity index (χ0) is 14.0. The van der Waals surface area contributed by atoms with E-state index in [1.54, 1.807) is 0 Å². The monoisotopic (exact) mass is 303 g/mol. The number of rotatable bonds is 3. The van der Waals surface area contributed by atoms with Gasteiger partial charge in [0.1, 0.15) is 5.15 Å². The van der Waals surface area contributed by atoms with Gasteiger partial charge in [-0.15, -0.1) is 0 Å². The van der Waals surface area contributed by atoms with Gasteiger partial charge in [-0.1, -0.05) is 11.6 Å². The Morgan fingerprint density at radius 1 is 1.58 bits per heavy atom. The van der Waals surface area contributed by atoms with Crippen LogP contribution in [-0.2, 0) is 9.84 Å². The molecule has 0 aliphatic carbocycles. The molecule has 8 heteroatoms. The zero-order valence-corrected chi connectivity index (χ0v) is 11.7. The number of carbonyl (C=O) groups is 1. The Hall–Kier alpha value is -1.34. The molecule has 1 aliphatic rings. The van der Waals surface area contributed by atoms with E-state index in [1.807, 2.05) is 0 Å². The molecule has 19 heavy (non-hydrogen) atoms. The van der Waals surface area contributed by atoms with Gasteiger partial charge in [0.2, 0.25) is 0 Å². The van der Waals surface area contributed by atoms with E-state index < -0.39 is 21.0 Å². The van der Waals surface area contributed by atoms with E-state index in [2.05, 4.69) is 10.3 Å². The molecule has 1 aliphatic heterocycles. The minimum atomic E-state index is -3.07. The van der Waals surface area contributed by atoms with E-state index in [-0.39, 0.29) is 28.7 Å². The van der Waals surface area contributed by atoms with Gasteiger partial charge in [-0.25, -0.2) is 13.4 Å². The highest BCUT2D eigenvalue weighted by Gasteiger charge is 2.31. The second-order valence-corrected chi connectivity index (χ2v) is 7.22. The van der Waals surface area contributed by atoms with Crippen LogP contribution in [0.15, 0.2) is 12.3 Å². The number of hydrogen-bond acceptors (Lipinski definition) is 5. The Bertz CT molecular complexity index is 603. The summed E-state index contributed by atoms with van der Waals surface area (Å²) in [5.74, 6) is -0.250. The summed E-state index contributed by atoms with van der Waals surface area (Å²) in [6.45, 7) is 0.0978. The first-order chi connectivity index (χ1) is 8.90. The molecular weight excluding hydrogens is 290 g/mol. The van der Waals surface area contributed by atoms with E-state index in [0.717, 1.165) is 0 Å². The lowest BCUT2D eigenvalue weighted by molar-refractivity contribution is 0.0954. The maximum absolute atomic E-state index is 11.9. The molecule has 0 aromatic carbocycles. The summed E-state index contributed by atoms with van der Waals surface area (Å²) in [5.41, 5.74) is 6.04. The molecule has 6 nitrogen and oxygen atoms in total. The minimum Gasteiger partial charge on any atom is -0.397 e. The number of nitrogens with one attached hydrogen (secondary N) is 1. The normalized spacial score (nSPS) is 21.2. The summed E-state index contributed by atoms with van der Waals surface area (Å²) in [7, 11) is -3.07. The average molecular weight is 304 g/mol. The van der Waals surface area contributed by atoms with Crippen molar-refractivity contribution in [2.75, 3.05) is 18.0 Å². The molecule has 1 fully saturated rings. The number of sulfone groups is 1. The molecule has 1 aromatic rings. The van der Waals surface area contributed by atoms with Crippen LogP contribution >= 0.6 is 11.6 Å². The molecule has 2 heterocycles. The molecule has 0 saturated carbocycles. The Balaban J connectivity index is 2.04. The van der Waals surface area contributed by atoms with E-state index >= 15 is 0 Å². The lowest BCUT2D eigenvalue weighted by Crippen LogP contribution is -2.34. The van der Waals surface area contributed by atoms with Crippen molar-refractivity contribution in [3.05, 3.63) is 23.0 Å². The quantitative estimate of drug-likeness (QED) is 0.797. The third-order valence-corrected chi connectivity index (χ3v) is 5.58. The van der Waals surface area contributed by atoms with E-state index in [1.165, 1.54) is 12.3 Å². The van der Waals surface area contributed by atoms with Crippen molar-refractivity contribution in [3.63, 3.8) is 0 Å². The largest absolute Gasteiger partial charge is 0.397 e. The predicted molar refractivity (Wildman–Crippen MR) is 72.8 cm³/mol. The highest BCUT2D eigenvalue weighted by Crippen LogP contribution is 2.20. The standard InChI is InChI=1S/C11H14ClN3O3S/c12-10-4-8(9(13)6-14-10)11(16)15-5-7-2-1-3-19(7,17)18/h4,6-7H,1-3,5,13H2,(H,15,16). The van der Waals surface area contributed by atoms with Crippen molar-refractivity contribution in [2.24, 2.45) is 0 Å². The summed E-state index contributed by atoms with van der Waals surface area (Å²) >= 11 is 5.69. The zero-order valence-electron chi connectivity index (χ0n) is 10.1. The van der Waals surface area contributed by atoms with E-state index in [0.29, 0.717) is 12.8 Å². The fraction of sp³-hybridized carbons (Fsp3) is 0.455. The van der Waals surface area contributed by atoms with Gasteiger partial charge < -0.3 is 11.1 Å². The molecule has 0 bridgehead atoms. The molecule has 0 spiro atoms. The fourth-order valence-electron chi connectivity index (χ4n) is 2.03. The number of pyridine rings is 1. The van der Waals surface area contributed by atoms with Gasteiger partial charge >= 0.3 is 0 Å². The van der Waals surface area contributed by atoms with Crippen LogP contribution in [0.2, 0.25) is 5.15 Å². The van der Waals surface area contributed by atoms with Gasteiger partial charge in [0.25, 0.3) is 5.91 Å². The number of nitrogens with two attached hydrogens (primary N) is 1. The lowest BCUT2D eigenvalue weighted by Gasteiger charge is -2.11. The van der Waals surface area contributed by atoms with Gasteiger partial charge in [-0.2, -0.15) is 0 Å². The van der Waals surface area contributed by atoms with Gasteiger partial charge in [-0.05, 0) is 18.9 Å². The van der Waals surface area contributed by atoms with Crippen LogP contribution in [0.5, 0.6) is 0 Å². The highest BCUT2D eigenvalue weighted by molar-refractivity contribution is 7.92. The summed E-state index contributed by atoms with van der Waals surface area (Å²) in [6, 6.07) is 1.36. The number of aromatic nitrogens is 1. The van der Waals surface area contributed by atoms with Crippen molar-refractivity contribution in [2.45, 2.75) is 18.1 Å². The van der Waals surface area contributed by atoms with Crippen LogP contribution in [-0.4, -0.2) is 36.9 Å². The molecule has 0 radical (unpaired) electrons. The highest BCUT2D eigenvalue weighted by atomic mass is 35.5. The summed E-state index contributed by atoms with van der Waals surface area (Å²) in [4.78, 5) is 15.7. The van der Waals surface area contributed by atoms with E-state index in [4.69, 9.17) is 17.3 Å². The van der Waals surface area contributed by atoms with Crippen LogP contribution in [0.25, 0.3) is 0 Å². The first-order valence-electron chi connectivity index (χ1n) is 5.81. The molecule has 1 atom stereocenters. The van der Waals surface area contributed by atoms with Crippen LogP contribution in [0, 0.1) is 0 Å². The van der Waals surface area contributed by atoms with Crippen molar-refractivity contribution < 1.29 is 13.2 Å². The van der Waals surface area contributed by atoms with Gasteiger partial charge in [0, 0.05) is 6.54 Å². The smallest absolute Gasteiger partial charge is 0.253 e. The van der Waals surface area contributed by atoms with Crippen LogP contribution in [0.1, 0.15) is 23.2 Å². The number of hydrogen-bond donors (Lipinski definition) is 2. The molecule has 1 unspecified atom stereocenters. The SMILES string of the molecule is Nc1cnc(Cl)cc1C(=O)NCC1CCCS1(=O)=O. The maximum Gasteiger partial charge on any atom is 0.253 e. The minimum absolute atomic E-state index is 0.0978. The molecule has 1 aromatic heterocycles. The van der Waals surface area contributed by atoms with E-state index in [9.17, 15) is 13.2 Å². The number of nitrogens with zero attached hydrogens (tertiary/aromatic N) is 1. The maximum atomic E-state index is 11.9. The van der Waals surface area contributed by atoms with Crippen molar-refractivity contribution in [1.29, 1.82) is 0 Å². The number of halogens is 1. The van der Waals surface area contributed by atoms with Crippen LogP contribution in [0.4, 0.5) is 5.69 Å². The fourth-order valence-corrected chi connectivity index (χ4v) is 3.95. The Morgan fingerprint density at radius 3 is 2.95 bits per heavy atom. The number of carbonyl (C=O) groups excluding carboxylic acids is 1. The molecule has 1 saturated heterocycles. The summed E-state index contributed by atoms with van der Waals surface area (Å²) in [6.07, 6.45) is 2.52. The third kappa shape index (κ3) is 3.16. The molecule has 104 valence electrons. The number of nitrogen functional groups attached to an aromatic ring is 1. The van der Waals surface area contributed by atoms with Crippen molar-refractivity contribution in [1.82, 2.24) is 10.3 Å². The van der Waals surface area contributed by atoms with Crippen molar-refractivity contribution in [3.8, 4) is 0 Å². The first kappa shape index (κ1) is 14.1. The van der Waals surface area contributed by atoms with Crippen LogP contribution in [0.3, 0.4) is 0 Å². The van der Waals surface area contributed by atoms with Gasteiger partial charge in [0.05, 0.1) is 28.5 Å². The molecule has 3 N–H and O–H groups in total. The topological polar surface area (TPSA) is 102 Å². The second kappa shape index (κ2) is 5.34. The third-order valence-electron chi connectivity index (χ3n) is 3.10. The predicted octanol–water partition coefficient (Wildman–Crippen LogP) is 0.624. The Kier molecular flexibility index (Phi) is 3.96. The second-order valence-electron chi connectivity index (χ2n) is 4.44. The first-order valence-corrected chi connectivity index (χ1v) is 7.90. The Morgan fingerprint density at radius 2 is 2.32 bits per heavy atom. The number of amides is 1. The lowest BCUT2D eigenvalue weighted by atomic mass is 10.2. The summed E-state index contributed by atoms with van der Waals surface area (Å²) < 4.78 is 23.2. The Labute approximate surface area is 116 Å². The average Bonchev–Trinajstić information content (AvgIpc) is 2.68. The number of anilines is 1. The molecule has 1 amide bonds. The van der Waals surface area contributed by atoms with Gasteiger partial charge in [0.15, 0.2) is 9.84 Å². The molecular formula is C11H14ClN3O3S. The van der Waals surface area contributed by atoms with Gasteiger partial charge in [-0.3, -0.25) is 4.79 Å². The van der Waals surface area contributed by atoms with Crippen molar-refractivity contribution >= 4 is 33.0 Å². The summed E-state index contributed by atoms with van der Waals surface area (Å²) in [5, 5.41) is 2.24. The molecule has 2 rings (SSSR count).